The molecule has 2 aliphatic rings. The van der Waals surface area contributed by atoms with Crippen molar-refractivity contribution < 1.29 is 5.11 Å². The van der Waals surface area contributed by atoms with Gasteiger partial charge in [0.1, 0.15) is 0 Å². The maximum absolute atomic E-state index is 10.8. The monoisotopic (exact) mass is 238 g/mol. The summed E-state index contributed by atoms with van der Waals surface area (Å²) in [6, 6.07) is 0. The van der Waals surface area contributed by atoms with E-state index in [1.807, 2.05) is 0 Å². The van der Waals surface area contributed by atoms with Crippen LogP contribution in [0.5, 0.6) is 0 Å². The van der Waals surface area contributed by atoms with Crippen molar-refractivity contribution in [2.45, 2.75) is 78.2 Å². The van der Waals surface area contributed by atoms with Crippen LogP contribution >= 0.6 is 0 Å². The van der Waals surface area contributed by atoms with Gasteiger partial charge in [0.2, 0.25) is 0 Å². The molecule has 0 aromatic heterocycles. The van der Waals surface area contributed by atoms with Crippen LogP contribution in [-0.2, 0) is 0 Å². The van der Waals surface area contributed by atoms with Gasteiger partial charge in [-0.25, -0.2) is 0 Å². The first-order chi connectivity index (χ1) is 8.01. The molecule has 0 saturated heterocycles. The lowest BCUT2D eigenvalue weighted by Gasteiger charge is -2.44. The Morgan fingerprint density at radius 1 is 0.941 bits per heavy atom. The molecule has 2 rings (SSSR count). The second-order valence-corrected chi connectivity index (χ2v) is 7.34. The summed E-state index contributed by atoms with van der Waals surface area (Å²) in [7, 11) is 0. The smallest absolute Gasteiger partial charge is 0.0622 e. The summed E-state index contributed by atoms with van der Waals surface area (Å²) in [5.74, 6) is 2.19. The molecular weight excluding hydrogens is 208 g/mol. The third-order valence-electron chi connectivity index (χ3n) is 5.37. The molecule has 0 amide bonds. The Bertz CT molecular complexity index is 232. The standard InChI is InChI=1S/C16H30O/c1-12-9-13(2)11-14(10-12)15(17)16(3)7-5-4-6-8-16/h12-15,17H,4-11H2,1-3H3. The van der Waals surface area contributed by atoms with Crippen molar-refractivity contribution in [3.8, 4) is 0 Å². The van der Waals surface area contributed by atoms with E-state index in [9.17, 15) is 5.11 Å². The molecule has 2 fully saturated rings. The zero-order valence-electron chi connectivity index (χ0n) is 11.9. The van der Waals surface area contributed by atoms with E-state index in [0.29, 0.717) is 5.92 Å². The molecule has 2 saturated carbocycles. The zero-order chi connectivity index (χ0) is 12.5. The van der Waals surface area contributed by atoms with Gasteiger partial charge in [0.15, 0.2) is 0 Å². The molecule has 100 valence electrons. The van der Waals surface area contributed by atoms with Crippen LogP contribution in [0.4, 0.5) is 0 Å². The summed E-state index contributed by atoms with van der Waals surface area (Å²) in [6.45, 7) is 7.05. The largest absolute Gasteiger partial charge is 0.392 e. The van der Waals surface area contributed by atoms with Gasteiger partial charge in [-0.05, 0) is 55.3 Å². The van der Waals surface area contributed by atoms with Crippen molar-refractivity contribution in [3.05, 3.63) is 0 Å². The van der Waals surface area contributed by atoms with Gasteiger partial charge in [0.25, 0.3) is 0 Å². The lowest BCUT2D eigenvalue weighted by atomic mass is 9.63. The van der Waals surface area contributed by atoms with Crippen molar-refractivity contribution in [1.82, 2.24) is 0 Å². The van der Waals surface area contributed by atoms with E-state index < -0.39 is 0 Å². The van der Waals surface area contributed by atoms with E-state index in [1.54, 1.807) is 0 Å². The molecule has 3 atom stereocenters. The maximum atomic E-state index is 10.8. The Balaban J connectivity index is 2.00. The lowest BCUT2D eigenvalue weighted by molar-refractivity contribution is -0.0524. The Labute approximate surface area is 107 Å². The molecule has 0 radical (unpaired) electrons. The molecule has 3 unspecified atom stereocenters. The number of aliphatic hydroxyl groups is 1. The second kappa shape index (κ2) is 5.30. The van der Waals surface area contributed by atoms with Gasteiger partial charge >= 0.3 is 0 Å². The second-order valence-electron chi connectivity index (χ2n) is 7.34. The highest BCUT2D eigenvalue weighted by molar-refractivity contribution is 4.91. The average Bonchev–Trinajstić information content (AvgIpc) is 2.27. The summed E-state index contributed by atoms with van der Waals surface area (Å²) < 4.78 is 0. The molecule has 1 heteroatoms. The Morgan fingerprint density at radius 2 is 1.47 bits per heavy atom. The molecule has 17 heavy (non-hydrogen) atoms. The highest BCUT2D eigenvalue weighted by Gasteiger charge is 2.40. The van der Waals surface area contributed by atoms with E-state index in [1.165, 1.54) is 51.4 Å². The summed E-state index contributed by atoms with van der Waals surface area (Å²) in [6.07, 6.45) is 10.3. The zero-order valence-corrected chi connectivity index (χ0v) is 11.9. The van der Waals surface area contributed by atoms with Crippen molar-refractivity contribution in [3.63, 3.8) is 0 Å². The Kier molecular flexibility index (Phi) is 4.18. The highest BCUT2D eigenvalue weighted by atomic mass is 16.3. The minimum absolute atomic E-state index is 0.0481. The number of hydrogen-bond donors (Lipinski definition) is 1. The van der Waals surface area contributed by atoms with Gasteiger partial charge < -0.3 is 5.11 Å². The fourth-order valence-corrected chi connectivity index (χ4v) is 4.49. The van der Waals surface area contributed by atoms with Gasteiger partial charge in [-0.3, -0.25) is 0 Å². The van der Waals surface area contributed by atoms with E-state index in [-0.39, 0.29) is 11.5 Å². The first-order valence-electron chi connectivity index (χ1n) is 7.69. The third-order valence-corrected chi connectivity index (χ3v) is 5.37. The predicted octanol–water partition coefficient (Wildman–Crippen LogP) is 4.39. The van der Waals surface area contributed by atoms with Gasteiger partial charge in [0.05, 0.1) is 6.10 Å². The van der Waals surface area contributed by atoms with E-state index in [2.05, 4.69) is 20.8 Å². The summed E-state index contributed by atoms with van der Waals surface area (Å²) in [5.41, 5.74) is 0.222. The molecule has 1 nitrogen and oxygen atoms in total. The molecule has 1 N–H and O–H groups in total. The van der Waals surface area contributed by atoms with Crippen molar-refractivity contribution >= 4 is 0 Å². The van der Waals surface area contributed by atoms with Crippen LogP contribution in [-0.4, -0.2) is 11.2 Å². The van der Waals surface area contributed by atoms with E-state index in [4.69, 9.17) is 0 Å². The third kappa shape index (κ3) is 3.05. The molecule has 0 spiro atoms. The molecule has 0 heterocycles. The van der Waals surface area contributed by atoms with E-state index in [0.717, 1.165) is 11.8 Å². The number of aliphatic hydroxyl groups excluding tert-OH is 1. The molecule has 0 aliphatic heterocycles. The topological polar surface area (TPSA) is 20.2 Å². The molecule has 0 bridgehead atoms. The summed E-state index contributed by atoms with van der Waals surface area (Å²) >= 11 is 0. The first kappa shape index (κ1) is 13.4. The lowest BCUT2D eigenvalue weighted by Crippen LogP contribution is -2.42. The minimum atomic E-state index is -0.0481. The van der Waals surface area contributed by atoms with Gasteiger partial charge in [-0.1, -0.05) is 40.0 Å². The van der Waals surface area contributed by atoms with Gasteiger partial charge in [-0.2, -0.15) is 0 Å². The maximum Gasteiger partial charge on any atom is 0.0622 e. The average molecular weight is 238 g/mol. The van der Waals surface area contributed by atoms with Crippen LogP contribution in [0.25, 0.3) is 0 Å². The van der Waals surface area contributed by atoms with Gasteiger partial charge in [-0.15, -0.1) is 0 Å². The van der Waals surface area contributed by atoms with Crippen molar-refractivity contribution in [2.75, 3.05) is 0 Å². The number of hydrogen-bond acceptors (Lipinski definition) is 1. The highest BCUT2D eigenvalue weighted by Crippen LogP contribution is 2.45. The van der Waals surface area contributed by atoms with Crippen LogP contribution < -0.4 is 0 Å². The Morgan fingerprint density at radius 3 is 2.00 bits per heavy atom. The van der Waals surface area contributed by atoms with Crippen molar-refractivity contribution in [2.24, 2.45) is 23.2 Å². The van der Waals surface area contributed by atoms with Crippen LogP contribution in [0.2, 0.25) is 0 Å². The fraction of sp³-hybridized carbons (Fsp3) is 1.00. The number of rotatable bonds is 2. The minimum Gasteiger partial charge on any atom is -0.392 e. The molecule has 2 aliphatic carbocycles. The first-order valence-corrected chi connectivity index (χ1v) is 7.69. The SMILES string of the molecule is CC1CC(C)CC(C(O)C2(C)CCCCC2)C1. The predicted molar refractivity (Wildman–Crippen MR) is 72.9 cm³/mol. The molecule has 0 aromatic rings. The van der Waals surface area contributed by atoms with Crippen LogP contribution in [0.15, 0.2) is 0 Å². The van der Waals surface area contributed by atoms with Crippen molar-refractivity contribution in [1.29, 1.82) is 0 Å². The normalized spacial score (nSPS) is 39.9. The molecular formula is C16H30O. The fourth-order valence-electron chi connectivity index (χ4n) is 4.49. The van der Waals surface area contributed by atoms with Crippen LogP contribution in [0.1, 0.15) is 72.1 Å². The summed E-state index contributed by atoms with van der Waals surface area (Å²) in [5, 5.41) is 10.8. The van der Waals surface area contributed by atoms with Crippen LogP contribution in [0.3, 0.4) is 0 Å². The van der Waals surface area contributed by atoms with E-state index >= 15 is 0 Å². The quantitative estimate of drug-likeness (QED) is 0.756. The summed E-state index contributed by atoms with van der Waals surface area (Å²) in [4.78, 5) is 0. The molecule has 0 aromatic carbocycles. The Hall–Kier alpha value is -0.0400. The van der Waals surface area contributed by atoms with Crippen LogP contribution in [0, 0.1) is 23.2 Å². The van der Waals surface area contributed by atoms with Gasteiger partial charge in [0, 0.05) is 0 Å².